The Hall–Kier alpha value is -1.02. The van der Waals surface area contributed by atoms with Crippen molar-refractivity contribution in [3.8, 4) is 0 Å². The minimum atomic E-state index is 0.703. The first-order chi connectivity index (χ1) is 8.43. The number of aryl methyl sites for hydroxylation is 1. The molecule has 0 aromatic heterocycles. The van der Waals surface area contributed by atoms with Crippen molar-refractivity contribution < 1.29 is 4.74 Å². The lowest BCUT2D eigenvalue weighted by molar-refractivity contribution is 0.187. The molecule has 0 amide bonds. The Bertz CT molecular complexity index is 383. The van der Waals surface area contributed by atoms with Crippen LogP contribution in [0.25, 0.3) is 0 Å². The fraction of sp³-hybridized carbons (Fsp3) is 0.600. The Balaban J connectivity index is 1.69. The summed E-state index contributed by atoms with van der Waals surface area (Å²) in [6.07, 6.45) is 6.42. The molecule has 0 bridgehead atoms. The number of hydrogen-bond acceptors (Lipinski definition) is 2. The average Bonchev–Trinajstić information content (AvgIpc) is 2.89. The van der Waals surface area contributed by atoms with E-state index in [4.69, 9.17) is 4.74 Å². The predicted octanol–water partition coefficient (Wildman–Crippen LogP) is 3.01. The highest BCUT2D eigenvalue weighted by Crippen LogP contribution is 2.28. The zero-order chi connectivity index (χ0) is 11.5. The molecule has 1 unspecified atom stereocenters. The van der Waals surface area contributed by atoms with E-state index in [1.165, 1.54) is 37.8 Å². The summed E-state index contributed by atoms with van der Waals surface area (Å²) < 4.78 is 5.42. The number of hydrogen-bond donors (Lipinski definition) is 1. The van der Waals surface area contributed by atoms with Crippen molar-refractivity contribution in [2.45, 2.75) is 32.1 Å². The second-order valence-electron chi connectivity index (χ2n) is 5.26. The van der Waals surface area contributed by atoms with Gasteiger partial charge in [-0.05, 0) is 49.3 Å². The van der Waals surface area contributed by atoms with E-state index in [-0.39, 0.29) is 0 Å². The molecule has 0 spiro atoms. The highest BCUT2D eigenvalue weighted by molar-refractivity contribution is 5.55. The SMILES string of the molecule is c1cc2c(c(NCC3CCOC3)c1)CCCC2. The van der Waals surface area contributed by atoms with Gasteiger partial charge in [0.05, 0.1) is 6.61 Å². The Morgan fingerprint density at radius 3 is 3.06 bits per heavy atom. The number of nitrogens with one attached hydrogen (secondary N) is 1. The van der Waals surface area contributed by atoms with Crippen molar-refractivity contribution in [2.24, 2.45) is 5.92 Å². The quantitative estimate of drug-likeness (QED) is 0.863. The molecular weight excluding hydrogens is 210 g/mol. The lowest BCUT2D eigenvalue weighted by Crippen LogP contribution is -2.16. The van der Waals surface area contributed by atoms with Crippen molar-refractivity contribution in [3.63, 3.8) is 0 Å². The Morgan fingerprint density at radius 2 is 2.18 bits per heavy atom. The average molecular weight is 231 g/mol. The lowest BCUT2D eigenvalue weighted by atomic mass is 9.90. The van der Waals surface area contributed by atoms with Crippen LogP contribution in [0.3, 0.4) is 0 Å². The van der Waals surface area contributed by atoms with Gasteiger partial charge in [-0.15, -0.1) is 0 Å². The molecule has 1 N–H and O–H groups in total. The lowest BCUT2D eigenvalue weighted by Gasteiger charge is -2.21. The molecule has 1 heterocycles. The van der Waals surface area contributed by atoms with Gasteiger partial charge in [-0.3, -0.25) is 0 Å². The Labute approximate surface area is 103 Å². The van der Waals surface area contributed by atoms with Gasteiger partial charge in [0.2, 0.25) is 0 Å². The molecule has 2 heteroatoms. The van der Waals surface area contributed by atoms with Gasteiger partial charge < -0.3 is 10.1 Å². The molecule has 1 aliphatic carbocycles. The van der Waals surface area contributed by atoms with Crippen LogP contribution in [0.1, 0.15) is 30.4 Å². The van der Waals surface area contributed by atoms with Gasteiger partial charge in [0.1, 0.15) is 0 Å². The maximum Gasteiger partial charge on any atom is 0.0511 e. The van der Waals surface area contributed by atoms with Gasteiger partial charge in [-0.1, -0.05) is 12.1 Å². The third kappa shape index (κ3) is 2.47. The smallest absolute Gasteiger partial charge is 0.0511 e. The molecule has 1 atom stereocenters. The van der Waals surface area contributed by atoms with Gasteiger partial charge in [-0.25, -0.2) is 0 Å². The van der Waals surface area contributed by atoms with Crippen molar-refractivity contribution in [2.75, 3.05) is 25.1 Å². The summed E-state index contributed by atoms with van der Waals surface area (Å²) in [6, 6.07) is 6.72. The number of benzene rings is 1. The van der Waals surface area contributed by atoms with Crippen LogP contribution in [0.5, 0.6) is 0 Å². The molecule has 1 aliphatic heterocycles. The van der Waals surface area contributed by atoms with Crippen LogP contribution < -0.4 is 5.32 Å². The number of ether oxygens (including phenoxy) is 1. The molecular formula is C15H21NO. The zero-order valence-electron chi connectivity index (χ0n) is 10.4. The summed E-state index contributed by atoms with van der Waals surface area (Å²) in [5, 5.41) is 3.63. The highest BCUT2D eigenvalue weighted by Gasteiger charge is 2.17. The van der Waals surface area contributed by atoms with Gasteiger partial charge in [0, 0.05) is 24.8 Å². The normalized spacial score (nSPS) is 23.4. The standard InChI is InChI=1S/C15H21NO/c1-2-6-14-13(4-1)5-3-7-15(14)16-10-12-8-9-17-11-12/h3,5,7,12,16H,1-2,4,6,8-11H2. The van der Waals surface area contributed by atoms with Crippen molar-refractivity contribution in [3.05, 3.63) is 29.3 Å². The van der Waals surface area contributed by atoms with Gasteiger partial charge >= 0.3 is 0 Å². The molecule has 2 aliphatic rings. The van der Waals surface area contributed by atoms with E-state index in [0.717, 1.165) is 19.8 Å². The minimum absolute atomic E-state index is 0.703. The van der Waals surface area contributed by atoms with Crippen molar-refractivity contribution in [1.82, 2.24) is 0 Å². The molecule has 1 aromatic carbocycles. The van der Waals surface area contributed by atoms with Crippen LogP contribution in [0.15, 0.2) is 18.2 Å². The Morgan fingerprint density at radius 1 is 1.24 bits per heavy atom. The van der Waals surface area contributed by atoms with E-state index in [1.807, 2.05) is 0 Å². The topological polar surface area (TPSA) is 21.3 Å². The van der Waals surface area contributed by atoms with Gasteiger partial charge in [-0.2, -0.15) is 0 Å². The third-order valence-corrected chi connectivity index (χ3v) is 4.00. The Kier molecular flexibility index (Phi) is 3.32. The van der Waals surface area contributed by atoms with Crippen LogP contribution in [0, 0.1) is 5.92 Å². The van der Waals surface area contributed by atoms with Crippen LogP contribution >= 0.6 is 0 Å². The van der Waals surface area contributed by atoms with Crippen LogP contribution in [-0.4, -0.2) is 19.8 Å². The van der Waals surface area contributed by atoms with Crippen LogP contribution in [0.2, 0.25) is 0 Å². The van der Waals surface area contributed by atoms with E-state index in [0.29, 0.717) is 5.92 Å². The highest BCUT2D eigenvalue weighted by atomic mass is 16.5. The third-order valence-electron chi connectivity index (χ3n) is 4.00. The number of rotatable bonds is 3. The molecule has 17 heavy (non-hydrogen) atoms. The first kappa shape index (κ1) is 11.1. The first-order valence-electron chi connectivity index (χ1n) is 6.86. The molecule has 0 radical (unpaired) electrons. The second-order valence-corrected chi connectivity index (χ2v) is 5.26. The number of fused-ring (bicyclic) bond motifs is 1. The largest absolute Gasteiger partial charge is 0.384 e. The summed E-state index contributed by atoms with van der Waals surface area (Å²) in [7, 11) is 0. The van der Waals surface area contributed by atoms with E-state index < -0.39 is 0 Å². The summed E-state index contributed by atoms with van der Waals surface area (Å²) in [5.41, 5.74) is 4.50. The fourth-order valence-electron chi connectivity index (χ4n) is 2.95. The maximum atomic E-state index is 5.42. The fourth-order valence-corrected chi connectivity index (χ4v) is 2.95. The van der Waals surface area contributed by atoms with Crippen LogP contribution in [0.4, 0.5) is 5.69 Å². The van der Waals surface area contributed by atoms with E-state index in [1.54, 1.807) is 11.1 Å². The van der Waals surface area contributed by atoms with Crippen molar-refractivity contribution >= 4 is 5.69 Å². The molecule has 0 saturated carbocycles. The molecule has 1 saturated heterocycles. The van der Waals surface area contributed by atoms with E-state index in [9.17, 15) is 0 Å². The minimum Gasteiger partial charge on any atom is -0.384 e. The molecule has 2 nitrogen and oxygen atoms in total. The summed E-state index contributed by atoms with van der Waals surface area (Å²) >= 11 is 0. The van der Waals surface area contributed by atoms with E-state index >= 15 is 0 Å². The van der Waals surface area contributed by atoms with Crippen LogP contribution in [-0.2, 0) is 17.6 Å². The zero-order valence-corrected chi connectivity index (χ0v) is 10.4. The molecule has 1 fully saturated rings. The van der Waals surface area contributed by atoms with E-state index in [2.05, 4.69) is 23.5 Å². The van der Waals surface area contributed by atoms with Crippen molar-refractivity contribution in [1.29, 1.82) is 0 Å². The maximum absolute atomic E-state index is 5.42. The first-order valence-corrected chi connectivity index (χ1v) is 6.86. The summed E-state index contributed by atoms with van der Waals surface area (Å²) in [5.74, 6) is 0.703. The van der Waals surface area contributed by atoms with Gasteiger partial charge in [0.15, 0.2) is 0 Å². The second kappa shape index (κ2) is 5.09. The summed E-state index contributed by atoms with van der Waals surface area (Å²) in [6.45, 7) is 2.94. The number of anilines is 1. The predicted molar refractivity (Wildman–Crippen MR) is 70.5 cm³/mol. The molecule has 92 valence electrons. The summed E-state index contributed by atoms with van der Waals surface area (Å²) in [4.78, 5) is 0. The molecule has 3 rings (SSSR count). The van der Waals surface area contributed by atoms with Gasteiger partial charge in [0.25, 0.3) is 0 Å². The monoisotopic (exact) mass is 231 g/mol. The molecule has 1 aromatic rings.